The lowest BCUT2D eigenvalue weighted by Crippen LogP contribution is -2.02. The first kappa shape index (κ1) is 14.6. The summed E-state index contributed by atoms with van der Waals surface area (Å²) >= 11 is 0. The van der Waals surface area contributed by atoms with Gasteiger partial charge in [0, 0.05) is 0 Å². The maximum atomic E-state index is 9.59. The first-order valence-electron chi connectivity index (χ1n) is 7.41. The lowest BCUT2D eigenvalue weighted by molar-refractivity contribution is 0.475. The molecule has 0 heterocycles. The van der Waals surface area contributed by atoms with Crippen molar-refractivity contribution in [2.24, 2.45) is 5.92 Å². The van der Waals surface area contributed by atoms with Crippen molar-refractivity contribution in [2.45, 2.75) is 39.0 Å². The van der Waals surface area contributed by atoms with Crippen molar-refractivity contribution in [3.05, 3.63) is 60.2 Å². The number of benzene rings is 1. The summed E-state index contributed by atoms with van der Waals surface area (Å²) in [6.45, 7) is 10.3. The molecular formula is C19H24O. The Labute approximate surface area is 122 Å². The molecule has 1 saturated carbocycles. The molecule has 2 rings (SSSR count). The topological polar surface area (TPSA) is 20.2 Å². The van der Waals surface area contributed by atoms with E-state index in [0.717, 1.165) is 17.6 Å². The zero-order chi connectivity index (χ0) is 14.5. The predicted octanol–water partition coefficient (Wildman–Crippen LogP) is 5.49. The van der Waals surface area contributed by atoms with Crippen LogP contribution in [0, 0.1) is 5.92 Å². The van der Waals surface area contributed by atoms with Crippen LogP contribution in [0.5, 0.6) is 5.75 Å². The van der Waals surface area contributed by atoms with Crippen molar-refractivity contribution in [3.63, 3.8) is 0 Å². The maximum Gasteiger partial charge on any atom is 0.116 e. The van der Waals surface area contributed by atoms with Gasteiger partial charge in [0.1, 0.15) is 5.75 Å². The third-order valence-electron chi connectivity index (χ3n) is 4.32. The van der Waals surface area contributed by atoms with Crippen LogP contribution in [-0.4, -0.2) is 5.11 Å². The zero-order valence-electron chi connectivity index (χ0n) is 12.4. The number of hydrogen-bond acceptors (Lipinski definition) is 1. The fourth-order valence-corrected chi connectivity index (χ4v) is 3.07. The summed E-state index contributed by atoms with van der Waals surface area (Å²) in [5, 5.41) is 9.59. The average molecular weight is 268 g/mol. The van der Waals surface area contributed by atoms with Crippen molar-refractivity contribution in [1.82, 2.24) is 0 Å². The second-order valence-corrected chi connectivity index (χ2v) is 5.72. The Bertz CT molecular complexity index is 530. The van der Waals surface area contributed by atoms with Crippen LogP contribution >= 0.6 is 0 Å². The molecule has 1 aromatic carbocycles. The highest BCUT2D eigenvalue weighted by atomic mass is 16.3. The molecule has 106 valence electrons. The lowest BCUT2D eigenvalue weighted by Gasteiger charge is -2.19. The molecule has 1 fully saturated rings. The van der Waals surface area contributed by atoms with Crippen LogP contribution in [0.1, 0.15) is 44.6 Å². The second-order valence-electron chi connectivity index (χ2n) is 5.72. The summed E-state index contributed by atoms with van der Waals surface area (Å²) in [5.41, 5.74) is 4.87. The van der Waals surface area contributed by atoms with Crippen molar-refractivity contribution in [2.75, 3.05) is 0 Å². The lowest BCUT2D eigenvalue weighted by atomic mass is 9.86. The monoisotopic (exact) mass is 268 g/mol. The molecule has 1 N–H and O–H groups in total. The predicted molar refractivity (Wildman–Crippen MR) is 86.6 cm³/mol. The zero-order valence-corrected chi connectivity index (χ0v) is 12.4. The Hall–Kier alpha value is -1.76. The highest BCUT2D eigenvalue weighted by molar-refractivity contribution is 5.67. The Balaban J connectivity index is 2.20. The van der Waals surface area contributed by atoms with E-state index >= 15 is 0 Å². The van der Waals surface area contributed by atoms with Gasteiger partial charge in [0.2, 0.25) is 0 Å². The van der Waals surface area contributed by atoms with Crippen LogP contribution in [0.2, 0.25) is 0 Å². The molecule has 1 nitrogen and oxygen atoms in total. The van der Waals surface area contributed by atoms with Gasteiger partial charge in [0.15, 0.2) is 0 Å². The largest absolute Gasteiger partial charge is 0.508 e. The summed E-state index contributed by atoms with van der Waals surface area (Å²) in [6.07, 6.45) is 8.07. The number of aromatic hydroxyl groups is 1. The van der Waals surface area contributed by atoms with E-state index in [-0.39, 0.29) is 0 Å². The Kier molecular flexibility index (Phi) is 4.84. The Morgan fingerprint density at radius 1 is 1.35 bits per heavy atom. The second kappa shape index (κ2) is 6.60. The van der Waals surface area contributed by atoms with Crippen LogP contribution in [-0.2, 0) is 0 Å². The van der Waals surface area contributed by atoms with E-state index in [0.29, 0.717) is 11.7 Å². The Morgan fingerprint density at radius 3 is 2.65 bits per heavy atom. The summed E-state index contributed by atoms with van der Waals surface area (Å²) in [4.78, 5) is 0. The fourth-order valence-electron chi connectivity index (χ4n) is 3.07. The van der Waals surface area contributed by atoms with Gasteiger partial charge in [-0.3, -0.25) is 0 Å². The van der Waals surface area contributed by atoms with E-state index in [1.807, 2.05) is 18.2 Å². The third kappa shape index (κ3) is 3.41. The van der Waals surface area contributed by atoms with Crippen molar-refractivity contribution in [3.8, 4) is 5.75 Å². The van der Waals surface area contributed by atoms with Gasteiger partial charge in [-0.05, 0) is 55.4 Å². The average Bonchev–Trinajstić information content (AvgIpc) is 2.97. The first-order chi connectivity index (χ1) is 9.61. The smallest absolute Gasteiger partial charge is 0.116 e. The Morgan fingerprint density at radius 2 is 2.05 bits per heavy atom. The fraction of sp³-hybridized carbons (Fsp3) is 0.368. The molecule has 1 aliphatic carbocycles. The molecule has 1 heteroatoms. The molecule has 0 aliphatic heterocycles. The molecule has 0 radical (unpaired) electrons. The van der Waals surface area contributed by atoms with Crippen LogP contribution < -0.4 is 0 Å². The number of phenols is 1. The van der Waals surface area contributed by atoms with Gasteiger partial charge in [-0.2, -0.15) is 0 Å². The molecule has 0 aromatic heterocycles. The van der Waals surface area contributed by atoms with Crippen LogP contribution in [0.15, 0.2) is 54.6 Å². The standard InChI is InChI=1S/C19H24O/c1-4-14(2)19(16-8-5-6-9-16)12-15(3)17-10-7-11-18(20)13-17/h4,7,10-11,13,16,20H,1,3,5-6,8-9,12H2,2H3/b19-14-. The summed E-state index contributed by atoms with van der Waals surface area (Å²) in [7, 11) is 0. The molecule has 0 unspecified atom stereocenters. The maximum absolute atomic E-state index is 9.59. The van der Waals surface area contributed by atoms with E-state index in [1.54, 1.807) is 12.1 Å². The summed E-state index contributed by atoms with van der Waals surface area (Å²) in [5.74, 6) is 0.984. The normalized spacial score (nSPS) is 16.9. The van der Waals surface area contributed by atoms with E-state index in [9.17, 15) is 5.11 Å². The van der Waals surface area contributed by atoms with Gasteiger partial charge in [-0.1, -0.05) is 55.4 Å². The number of phenolic OH excluding ortho intramolecular Hbond substituents is 1. The number of hydrogen-bond donors (Lipinski definition) is 1. The SMILES string of the molecule is C=C/C(C)=C(/CC(=C)c1cccc(O)c1)C1CCCC1. The van der Waals surface area contributed by atoms with E-state index in [4.69, 9.17) is 0 Å². The van der Waals surface area contributed by atoms with Crippen molar-refractivity contribution in [1.29, 1.82) is 0 Å². The molecular weight excluding hydrogens is 244 g/mol. The van der Waals surface area contributed by atoms with Gasteiger partial charge in [-0.15, -0.1) is 0 Å². The highest BCUT2D eigenvalue weighted by Gasteiger charge is 2.21. The molecule has 1 aliphatic rings. The van der Waals surface area contributed by atoms with E-state index in [2.05, 4.69) is 20.1 Å². The minimum absolute atomic E-state index is 0.301. The molecule has 1 aromatic rings. The van der Waals surface area contributed by atoms with Gasteiger partial charge < -0.3 is 5.11 Å². The summed E-state index contributed by atoms with van der Waals surface area (Å²) < 4.78 is 0. The number of allylic oxidation sites excluding steroid dienone is 4. The molecule has 0 saturated heterocycles. The molecule has 0 bridgehead atoms. The van der Waals surface area contributed by atoms with E-state index < -0.39 is 0 Å². The number of rotatable bonds is 5. The van der Waals surface area contributed by atoms with E-state index in [1.165, 1.54) is 36.8 Å². The quantitative estimate of drug-likeness (QED) is 0.700. The minimum atomic E-state index is 0.301. The van der Waals surface area contributed by atoms with Crippen LogP contribution in [0.3, 0.4) is 0 Å². The molecule has 0 amide bonds. The van der Waals surface area contributed by atoms with Crippen LogP contribution in [0.25, 0.3) is 5.57 Å². The third-order valence-corrected chi connectivity index (χ3v) is 4.32. The van der Waals surface area contributed by atoms with Crippen LogP contribution in [0.4, 0.5) is 0 Å². The molecule has 20 heavy (non-hydrogen) atoms. The first-order valence-corrected chi connectivity index (χ1v) is 7.41. The summed E-state index contributed by atoms with van der Waals surface area (Å²) in [6, 6.07) is 7.37. The van der Waals surface area contributed by atoms with Gasteiger partial charge in [-0.25, -0.2) is 0 Å². The highest BCUT2D eigenvalue weighted by Crippen LogP contribution is 2.37. The minimum Gasteiger partial charge on any atom is -0.508 e. The van der Waals surface area contributed by atoms with Crippen molar-refractivity contribution >= 4 is 5.57 Å². The van der Waals surface area contributed by atoms with Gasteiger partial charge in [0.05, 0.1) is 0 Å². The molecule has 0 atom stereocenters. The van der Waals surface area contributed by atoms with Gasteiger partial charge >= 0.3 is 0 Å². The van der Waals surface area contributed by atoms with Gasteiger partial charge in [0.25, 0.3) is 0 Å². The molecule has 0 spiro atoms. The van der Waals surface area contributed by atoms with Crippen molar-refractivity contribution < 1.29 is 5.11 Å².